The molecule has 0 radical (unpaired) electrons. The van der Waals surface area contributed by atoms with E-state index < -0.39 is 9.84 Å². The van der Waals surface area contributed by atoms with Gasteiger partial charge in [0.2, 0.25) is 5.95 Å². The highest BCUT2D eigenvalue weighted by Crippen LogP contribution is 2.31. The van der Waals surface area contributed by atoms with E-state index >= 15 is 0 Å². The van der Waals surface area contributed by atoms with Crippen LogP contribution in [0.5, 0.6) is 0 Å². The third-order valence-electron chi connectivity index (χ3n) is 4.58. The van der Waals surface area contributed by atoms with E-state index in [2.05, 4.69) is 20.6 Å². The first kappa shape index (κ1) is 21.2. The zero-order valence-corrected chi connectivity index (χ0v) is 18.5. The maximum atomic E-state index is 12.4. The molecule has 31 heavy (non-hydrogen) atoms. The molecule has 0 saturated carbocycles. The molecule has 0 atom stereocenters. The van der Waals surface area contributed by atoms with Crippen LogP contribution in [-0.2, 0) is 14.6 Å². The second-order valence-electron chi connectivity index (χ2n) is 6.89. The zero-order valence-electron chi connectivity index (χ0n) is 16.9. The molecule has 2 aromatic carbocycles. The van der Waals surface area contributed by atoms with Gasteiger partial charge in [-0.25, -0.2) is 18.4 Å². The Hall–Kier alpha value is -3.08. The van der Waals surface area contributed by atoms with E-state index in [-0.39, 0.29) is 10.8 Å². The summed E-state index contributed by atoms with van der Waals surface area (Å²) in [6, 6.07) is 12.2. The minimum atomic E-state index is -3.32. The van der Waals surface area contributed by atoms with Crippen LogP contribution in [0.3, 0.4) is 0 Å². The van der Waals surface area contributed by atoms with Crippen LogP contribution < -0.4 is 10.6 Å². The molecule has 0 bridgehead atoms. The fraction of sp³-hybridized carbons (Fsp3) is 0.190. The van der Waals surface area contributed by atoms with Crippen LogP contribution in [0.15, 0.2) is 53.6 Å². The number of rotatable bonds is 7. The van der Waals surface area contributed by atoms with Crippen LogP contribution in [0.25, 0.3) is 21.0 Å². The molecule has 160 valence electrons. The number of benzene rings is 2. The van der Waals surface area contributed by atoms with Crippen molar-refractivity contribution in [3.05, 3.63) is 53.5 Å². The van der Waals surface area contributed by atoms with Crippen molar-refractivity contribution in [3.8, 4) is 0 Å². The summed E-state index contributed by atoms with van der Waals surface area (Å²) in [5.41, 5.74) is 1.28. The maximum Gasteiger partial charge on any atom is 0.261 e. The maximum absolute atomic E-state index is 12.4. The Morgan fingerprint density at radius 3 is 2.81 bits per heavy atom. The molecule has 0 aliphatic carbocycles. The molecule has 0 spiro atoms. The minimum Gasteiger partial charge on any atom is -0.383 e. The molecule has 0 aliphatic rings. The number of ether oxygens (including phenoxy) is 1. The van der Waals surface area contributed by atoms with Crippen molar-refractivity contribution in [2.24, 2.45) is 0 Å². The highest BCUT2D eigenvalue weighted by atomic mass is 32.2. The van der Waals surface area contributed by atoms with Crippen molar-refractivity contribution in [2.45, 2.75) is 4.90 Å². The Morgan fingerprint density at radius 1 is 1.19 bits per heavy atom. The molecule has 2 aromatic heterocycles. The minimum absolute atomic E-state index is 0.156. The monoisotopic (exact) mass is 456 g/mol. The highest BCUT2D eigenvalue weighted by molar-refractivity contribution is 7.90. The lowest BCUT2D eigenvalue weighted by Gasteiger charge is -2.07. The quantitative estimate of drug-likeness (QED) is 0.410. The van der Waals surface area contributed by atoms with Gasteiger partial charge >= 0.3 is 0 Å². The van der Waals surface area contributed by atoms with E-state index in [4.69, 9.17) is 4.74 Å². The Balaban J connectivity index is 1.68. The number of nitrogens with one attached hydrogen (secondary N) is 2. The molecular formula is C21H20N4O4S2. The van der Waals surface area contributed by atoms with Crippen LogP contribution in [0, 0.1) is 0 Å². The normalized spacial score (nSPS) is 11.7. The number of carbonyl (C=O) groups excluding carboxylic acids is 1. The topological polar surface area (TPSA) is 110 Å². The van der Waals surface area contributed by atoms with Gasteiger partial charge in [-0.2, -0.15) is 0 Å². The number of carbonyl (C=O) groups is 1. The first-order chi connectivity index (χ1) is 14.8. The number of hydrogen-bond donors (Lipinski definition) is 2. The van der Waals surface area contributed by atoms with Crippen molar-refractivity contribution in [1.29, 1.82) is 0 Å². The number of nitrogens with zero attached hydrogens (tertiary/aromatic N) is 2. The summed E-state index contributed by atoms with van der Waals surface area (Å²) >= 11 is 1.39. The predicted molar refractivity (Wildman–Crippen MR) is 122 cm³/mol. The zero-order chi connectivity index (χ0) is 22.0. The third-order valence-corrected chi connectivity index (χ3v) is 6.79. The molecule has 2 heterocycles. The van der Waals surface area contributed by atoms with E-state index in [0.29, 0.717) is 35.2 Å². The van der Waals surface area contributed by atoms with E-state index in [0.717, 1.165) is 21.7 Å². The second kappa shape index (κ2) is 8.58. The van der Waals surface area contributed by atoms with Gasteiger partial charge < -0.3 is 15.4 Å². The van der Waals surface area contributed by atoms with Crippen molar-refractivity contribution in [3.63, 3.8) is 0 Å². The fourth-order valence-corrected chi connectivity index (χ4v) is 4.71. The summed E-state index contributed by atoms with van der Waals surface area (Å²) < 4.78 is 29.5. The molecule has 4 aromatic rings. The van der Waals surface area contributed by atoms with Gasteiger partial charge in [0.15, 0.2) is 9.84 Å². The molecule has 0 fully saturated rings. The molecule has 0 saturated heterocycles. The molecule has 4 rings (SSSR count). The number of anilines is 2. The van der Waals surface area contributed by atoms with Gasteiger partial charge in [0.05, 0.1) is 21.9 Å². The molecule has 8 nitrogen and oxygen atoms in total. The number of aromatic nitrogens is 2. The van der Waals surface area contributed by atoms with Gasteiger partial charge in [0, 0.05) is 47.3 Å². The summed E-state index contributed by atoms with van der Waals surface area (Å²) in [7, 11) is -1.74. The van der Waals surface area contributed by atoms with E-state index in [1.54, 1.807) is 25.4 Å². The van der Waals surface area contributed by atoms with Crippen LogP contribution in [0.4, 0.5) is 11.6 Å². The van der Waals surface area contributed by atoms with Gasteiger partial charge in [-0.05, 0) is 36.4 Å². The van der Waals surface area contributed by atoms with Crippen molar-refractivity contribution < 1.29 is 17.9 Å². The molecule has 10 heteroatoms. The fourth-order valence-electron chi connectivity index (χ4n) is 3.07. The van der Waals surface area contributed by atoms with Crippen LogP contribution in [-0.4, -0.2) is 50.8 Å². The Kier molecular flexibility index (Phi) is 5.86. The average molecular weight is 457 g/mol. The van der Waals surface area contributed by atoms with Gasteiger partial charge in [0.25, 0.3) is 5.91 Å². The summed E-state index contributed by atoms with van der Waals surface area (Å²) in [6.07, 6.45) is 2.86. The number of sulfone groups is 1. The second-order valence-corrected chi connectivity index (χ2v) is 9.99. The van der Waals surface area contributed by atoms with Crippen LogP contribution in [0.2, 0.25) is 0 Å². The standard InChI is InChI=1S/C21H20N4O4S2/c1-29-9-8-22-20(26)18-11-16-17(30-18)7-6-13-12-23-21(25-19(13)16)24-14-4-3-5-15(10-14)31(2,27)28/h3-7,10-12H,8-9H2,1-2H3,(H,22,26)(H,23,24,25). The van der Waals surface area contributed by atoms with Crippen LogP contribution >= 0.6 is 11.3 Å². The Labute approximate surface area is 183 Å². The number of fused-ring (bicyclic) bond motifs is 3. The summed E-state index contributed by atoms with van der Waals surface area (Å²) in [5, 5.41) is 7.58. The largest absolute Gasteiger partial charge is 0.383 e. The third kappa shape index (κ3) is 4.66. The van der Waals surface area contributed by atoms with Gasteiger partial charge in [0.1, 0.15) is 0 Å². The molecule has 1 amide bonds. The number of thiophene rings is 1. The SMILES string of the molecule is COCCNC(=O)c1cc2c(ccc3cnc(Nc4cccc(S(C)(=O)=O)c4)nc32)s1. The molecule has 0 unspecified atom stereocenters. The first-order valence-corrected chi connectivity index (χ1v) is 12.1. The smallest absolute Gasteiger partial charge is 0.261 e. The number of amides is 1. The van der Waals surface area contributed by atoms with Gasteiger partial charge in [-0.15, -0.1) is 11.3 Å². The summed E-state index contributed by atoms with van der Waals surface area (Å²) in [6.45, 7) is 0.884. The average Bonchev–Trinajstić information content (AvgIpc) is 3.18. The Bertz CT molecular complexity index is 1380. The molecule has 2 N–H and O–H groups in total. The number of methoxy groups -OCH3 is 1. The van der Waals surface area contributed by atoms with E-state index in [1.807, 2.05) is 18.2 Å². The van der Waals surface area contributed by atoms with E-state index in [1.165, 1.54) is 23.5 Å². The van der Waals surface area contributed by atoms with Crippen molar-refractivity contribution >= 4 is 59.7 Å². The lowest BCUT2D eigenvalue weighted by molar-refractivity contribution is 0.0941. The van der Waals surface area contributed by atoms with Gasteiger partial charge in [-0.1, -0.05) is 6.07 Å². The van der Waals surface area contributed by atoms with Crippen LogP contribution in [0.1, 0.15) is 9.67 Å². The van der Waals surface area contributed by atoms with Crippen molar-refractivity contribution in [2.75, 3.05) is 31.8 Å². The molecule has 0 aliphatic heterocycles. The number of hydrogen-bond acceptors (Lipinski definition) is 8. The summed E-state index contributed by atoms with van der Waals surface area (Å²) in [4.78, 5) is 22.2. The predicted octanol–water partition coefficient (Wildman–Crippen LogP) is 3.37. The summed E-state index contributed by atoms with van der Waals surface area (Å²) in [5.74, 6) is 0.180. The van der Waals surface area contributed by atoms with Gasteiger partial charge in [-0.3, -0.25) is 4.79 Å². The lowest BCUT2D eigenvalue weighted by Crippen LogP contribution is -2.26. The first-order valence-electron chi connectivity index (χ1n) is 9.39. The highest BCUT2D eigenvalue weighted by Gasteiger charge is 2.14. The molecular weight excluding hydrogens is 436 g/mol. The van der Waals surface area contributed by atoms with E-state index in [9.17, 15) is 13.2 Å². The lowest BCUT2D eigenvalue weighted by atomic mass is 10.2. The Morgan fingerprint density at radius 2 is 2.03 bits per heavy atom. The van der Waals surface area contributed by atoms with Crippen molar-refractivity contribution in [1.82, 2.24) is 15.3 Å².